The van der Waals surface area contributed by atoms with E-state index in [9.17, 15) is 0 Å². The Hall–Kier alpha value is -2.73. The summed E-state index contributed by atoms with van der Waals surface area (Å²) in [6.45, 7) is 0. The standard InChI is InChI=1S/C18H15P.C10H7Br/c1-4-10-16(11-5-1)19(17-12-6-2-7-13-17)18-14-8-3-9-15-18;11-10-6-5-8-3-1-2-4-9(8)7-10/h1-15H;1-7H. The lowest BCUT2D eigenvalue weighted by molar-refractivity contribution is 1.70. The van der Waals surface area contributed by atoms with Crippen molar-refractivity contribution in [1.82, 2.24) is 0 Å². The first-order valence-electron chi connectivity index (χ1n) is 9.91. The van der Waals surface area contributed by atoms with Gasteiger partial charge in [0.25, 0.3) is 0 Å². The van der Waals surface area contributed by atoms with Crippen LogP contribution in [0.1, 0.15) is 0 Å². The van der Waals surface area contributed by atoms with E-state index in [1.54, 1.807) is 0 Å². The molecule has 30 heavy (non-hydrogen) atoms. The zero-order chi connectivity index (χ0) is 20.6. The van der Waals surface area contributed by atoms with E-state index in [4.69, 9.17) is 0 Å². The minimum Gasteiger partial charge on any atom is -0.0622 e. The molecule has 0 radical (unpaired) electrons. The second-order valence-corrected chi connectivity index (χ2v) is 9.97. The van der Waals surface area contributed by atoms with Gasteiger partial charge in [-0.15, -0.1) is 0 Å². The highest BCUT2D eigenvalue weighted by atomic mass is 79.9. The maximum absolute atomic E-state index is 3.43. The van der Waals surface area contributed by atoms with Gasteiger partial charge in [0, 0.05) is 4.47 Å². The van der Waals surface area contributed by atoms with Gasteiger partial charge in [0.05, 0.1) is 0 Å². The second kappa shape index (κ2) is 10.3. The van der Waals surface area contributed by atoms with Gasteiger partial charge in [-0.25, -0.2) is 0 Å². The molecule has 2 heteroatoms. The molecule has 0 heterocycles. The van der Waals surface area contributed by atoms with Gasteiger partial charge >= 0.3 is 0 Å². The lowest BCUT2D eigenvalue weighted by atomic mass is 10.1. The van der Waals surface area contributed by atoms with Gasteiger partial charge in [0.15, 0.2) is 0 Å². The Labute approximate surface area is 188 Å². The Morgan fingerprint density at radius 1 is 0.400 bits per heavy atom. The van der Waals surface area contributed by atoms with E-state index in [2.05, 4.69) is 149 Å². The lowest BCUT2D eigenvalue weighted by Gasteiger charge is -2.18. The van der Waals surface area contributed by atoms with Crippen LogP contribution in [0.4, 0.5) is 0 Å². The molecule has 0 saturated heterocycles. The Morgan fingerprint density at radius 2 is 0.800 bits per heavy atom. The molecule has 0 aliphatic rings. The number of hydrogen-bond donors (Lipinski definition) is 0. The van der Waals surface area contributed by atoms with E-state index >= 15 is 0 Å². The normalized spacial score (nSPS) is 10.5. The number of benzene rings is 5. The van der Waals surface area contributed by atoms with Gasteiger partial charge in [0.1, 0.15) is 0 Å². The van der Waals surface area contributed by atoms with Crippen LogP contribution in [0.25, 0.3) is 10.8 Å². The van der Waals surface area contributed by atoms with Crippen LogP contribution in [-0.2, 0) is 0 Å². The molecule has 5 aromatic carbocycles. The molecule has 5 aromatic rings. The number of halogens is 1. The molecule has 0 spiro atoms. The van der Waals surface area contributed by atoms with Gasteiger partial charge < -0.3 is 0 Å². The predicted octanol–water partition coefficient (Wildman–Crippen LogP) is 7.05. The van der Waals surface area contributed by atoms with Crippen LogP contribution in [0.2, 0.25) is 0 Å². The van der Waals surface area contributed by atoms with E-state index in [1.807, 2.05) is 0 Å². The molecular weight excluding hydrogens is 447 g/mol. The Kier molecular flexibility index (Phi) is 7.08. The molecule has 0 aromatic heterocycles. The van der Waals surface area contributed by atoms with Crippen molar-refractivity contribution in [3.8, 4) is 0 Å². The molecule has 0 amide bonds. The van der Waals surface area contributed by atoms with Crippen molar-refractivity contribution in [1.29, 1.82) is 0 Å². The third kappa shape index (κ3) is 5.25. The fourth-order valence-electron chi connectivity index (χ4n) is 3.34. The van der Waals surface area contributed by atoms with Crippen molar-refractivity contribution in [3.05, 3.63) is 138 Å². The zero-order valence-corrected chi connectivity index (χ0v) is 19.0. The van der Waals surface area contributed by atoms with E-state index in [0.29, 0.717) is 0 Å². The first kappa shape index (κ1) is 20.5. The molecule has 0 aliphatic carbocycles. The Bertz CT molecular complexity index is 1090. The van der Waals surface area contributed by atoms with Crippen LogP contribution in [-0.4, -0.2) is 0 Å². The van der Waals surface area contributed by atoms with Crippen LogP contribution in [0, 0.1) is 0 Å². The minimum absolute atomic E-state index is 0.446. The maximum Gasteiger partial charge on any atom is 0.0181 e. The van der Waals surface area contributed by atoms with Crippen molar-refractivity contribution in [2.45, 2.75) is 0 Å². The van der Waals surface area contributed by atoms with E-state index in [-0.39, 0.29) is 0 Å². The average Bonchev–Trinajstić information content (AvgIpc) is 2.82. The summed E-state index contributed by atoms with van der Waals surface area (Å²) in [6, 6.07) is 46.9. The number of rotatable bonds is 3. The lowest BCUT2D eigenvalue weighted by Crippen LogP contribution is -2.20. The topological polar surface area (TPSA) is 0 Å². The van der Waals surface area contributed by atoms with Gasteiger partial charge in [-0.05, 0) is 46.7 Å². The SMILES string of the molecule is Brc1ccc2ccccc2c1.c1ccc(P(c2ccccc2)c2ccccc2)cc1. The highest BCUT2D eigenvalue weighted by Gasteiger charge is 2.14. The molecule has 5 rings (SSSR count). The van der Waals surface area contributed by atoms with Gasteiger partial charge in [-0.2, -0.15) is 0 Å². The van der Waals surface area contributed by atoms with Crippen molar-refractivity contribution in [3.63, 3.8) is 0 Å². The van der Waals surface area contributed by atoms with E-state index in [0.717, 1.165) is 4.47 Å². The minimum atomic E-state index is -0.446. The molecule has 0 bridgehead atoms. The summed E-state index contributed by atoms with van der Waals surface area (Å²) in [7, 11) is -0.446. The zero-order valence-electron chi connectivity index (χ0n) is 16.5. The summed E-state index contributed by atoms with van der Waals surface area (Å²) in [5.41, 5.74) is 0. The molecule has 0 unspecified atom stereocenters. The number of hydrogen-bond acceptors (Lipinski definition) is 0. The van der Waals surface area contributed by atoms with Crippen molar-refractivity contribution in [2.75, 3.05) is 0 Å². The van der Waals surface area contributed by atoms with Crippen molar-refractivity contribution < 1.29 is 0 Å². The number of fused-ring (bicyclic) bond motifs is 1. The predicted molar refractivity (Wildman–Crippen MR) is 137 cm³/mol. The Morgan fingerprint density at radius 3 is 1.27 bits per heavy atom. The second-order valence-electron chi connectivity index (χ2n) is 6.83. The molecule has 0 atom stereocenters. The van der Waals surface area contributed by atoms with Crippen LogP contribution >= 0.6 is 23.9 Å². The fourth-order valence-corrected chi connectivity index (χ4v) is 6.02. The molecule has 0 fully saturated rings. The summed E-state index contributed by atoms with van der Waals surface area (Å²) in [5.74, 6) is 0. The van der Waals surface area contributed by atoms with Crippen LogP contribution < -0.4 is 15.9 Å². The van der Waals surface area contributed by atoms with Gasteiger partial charge in [-0.3, -0.25) is 0 Å². The molecular formula is C28H22BrP. The monoisotopic (exact) mass is 468 g/mol. The summed E-state index contributed by atoms with van der Waals surface area (Å²) < 4.78 is 1.14. The molecule has 0 nitrogen and oxygen atoms in total. The maximum atomic E-state index is 3.43. The van der Waals surface area contributed by atoms with E-state index < -0.39 is 7.92 Å². The molecule has 0 N–H and O–H groups in total. The quantitative estimate of drug-likeness (QED) is 0.249. The van der Waals surface area contributed by atoms with Gasteiger partial charge in [0.2, 0.25) is 0 Å². The van der Waals surface area contributed by atoms with Crippen molar-refractivity contribution >= 4 is 50.5 Å². The highest BCUT2D eigenvalue weighted by Crippen LogP contribution is 2.32. The van der Waals surface area contributed by atoms with Crippen LogP contribution in [0.15, 0.2) is 138 Å². The first-order valence-corrected chi connectivity index (χ1v) is 12.0. The molecule has 0 aliphatic heterocycles. The summed E-state index contributed by atoms with van der Waals surface area (Å²) in [6.07, 6.45) is 0. The van der Waals surface area contributed by atoms with Crippen molar-refractivity contribution in [2.24, 2.45) is 0 Å². The van der Waals surface area contributed by atoms with Crippen LogP contribution in [0.5, 0.6) is 0 Å². The van der Waals surface area contributed by atoms with Gasteiger partial charge in [-0.1, -0.05) is 137 Å². The third-order valence-corrected chi connectivity index (χ3v) is 7.69. The summed E-state index contributed by atoms with van der Waals surface area (Å²) >= 11 is 3.43. The van der Waals surface area contributed by atoms with E-state index in [1.165, 1.54) is 26.7 Å². The highest BCUT2D eigenvalue weighted by molar-refractivity contribution is 9.10. The third-order valence-electron chi connectivity index (χ3n) is 4.75. The molecule has 146 valence electrons. The fraction of sp³-hybridized carbons (Fsp3) is 0. The smallest absolute Gasteiger partial charge is 0.0181 e. The van der Waals surface area contributed by atoms with Crippen LogP contribution in [0.3, 0.4) is 0 Å². The average molecular weight is 469 g/mol. The molecule has 0 saturated carbocycles. The first-order chi connectivity index (χ1) is 14.8. The Balaban J connectivity index is 0.000000168. The summed E-state index contributed by atoms with van der Waals surface area (Å²) in [4.78, 5) is 0. The summed E-state index contributed by atoms with van der Waals surface area (Å²) in [5, 5.41) is 6.76. The largest absolute Gasteiger partial charge is 0.0622 e.